The van der Waals surface area contributed by atoms with Gasteiger partial charge in [-0.25, -0.2) is 4.39 Å². The zero-order valence-corrected chi connectivity index (χ0v) is 14.7. The van der Waals surface area contributed by atoms with Gasteiger partial charge >= 0.3 is 0 Å². The highest BCUT2D eigenvalue weighted by Crippen LogP contribution is 2.26. The second kappa shape index (κ2) is 7.58. The molecule has 0 atom stereocenters. The topological polar surface area (TPSA) is 73.7 Å². The molecular weight excluding hydrogens is 353 g/mol. The molecule has 2 aliphatic heterocycles. The van der Waals surface area contributed by atoms with Gasteiger partial charge in [0.15, 0.2) is 6.29 Å². The normalized spacial score (nSPS) is 18.8. The predicted molar refractivity (Wildman–Crippen MR) is 94.1 cm³/mol. The van der Waals surface area contributed by atoms with Gasteiger partial charge in [0.1, 0.15) is 11.5 Å². The number of rotatable bonds is 3. The van der Waals surface area contributed by atoms with Crippen LogP contribution in [0.3, 0.4) is 0 Å². The van der Waals surface area contributed by atoms with Crippen LogP contribution >= 0.6 is 0 Å². The monoisotopic (exact) mass is 373 g/mol. The molecule has 0 radical (unpaired) electrons. The van der Waals surface area contributed by atoms with Crippen LogP contribution in [0.2, 0.25) is 0 Å². The van der Waals surface area contributed by atoms with E-state index in [1.807, 2.05) is 0 Å². The maximum atomic E-state index is 13.1. The first-order valence-corrected chi connectivity index (χ1v) is 9.00. The number of ether oxygens (including phenoxy) is 2. The van der Waals surface area contributed by atoms with Crippen LogP contribution in [-0.2, 0) is 9.47 Å². The molecule has 2 aliphatic rings. The molecule has 2 fully saturated rings. The van der Waals surface area contributed by atoms with Crippen molar-refractivity contribution in [3.8, 4) is 5.69 Å². The maximum Gasteiger partial charge on any atom is 0.274 e. The number of piperidine rings is 1. The fourth-order valence-electron chi connectivity index (χ4n) is 3.48. The Balaban J connectivity index is 1.48. The van der Waals surface area contributed by atoms with E-state index in [-0.39, 0.29) is 29.4 Å². The molecule has 0 aliphatic carbocycles. The summed E-state index contributed by atoms with van der Waals surface area (Å²) in [5, 5.41) is 4.18. The number of nitrogens with zero attached hydrogens (tertiary/aromatic N) is 3. The summed E-state index contributed by atoms with van der Waals surface area (Å²) in [7, 11) is 0. The van der Waals surface area contributed by atoms with E-state index in [9.17, 15) is 14.0 Å². The summed E-state index contributed by atoms with van der Waals surface area (Å²) in [5.74, 6) is -0.340. The first-order valence-electron chi connectivity index (χ1n) is 9.00. The van der Waals surface area contributed by atoms with Crippen LogP contribution in [-0.4, -0.2) is 53.2 Å². The summed E-state index contributed by atoms with van der Waals surface area (Å²) in [6.07, 6.45) is 1.43. The molecule has 2 aromatic rings. The van der Waals surface area contributed by atoms with Crippen molar-refractivity contribution in [3.63, 3.8) is 0 Å². The third-order valence-electron chi connectivity index (χ3n) is 4.95. The highest BCUT2D eigenvalue weighted by Gasteiger charge is 2.32. The fraction of sp³-hybridized carbons (Fsp3) is 0.421. The van der Waals surface area contributed by atoms with Crippen molar-refractivity contribution in [3.05, 3.63) is 58.3 Å². The van der Waals surface area contributed by atoms with Gasteiger partial charge in [0.25, 0.3) is 11.5 Å². The molecule has 27 heavy (non-hydrogen) atoms. The molecule has 0 saturated carbocycles. The van der Waals surface area contributed by atoms with Gasteiger partial charge in [-0.2, -0.15) is 9.78 Å². The minimum absolute atomic E-state index is 0.166. The molecule has 0 N–H and O–H groups in total. The van der Waals surface area contributed by atoms with Crippen LogP contribution in [0.1, 0.15) is 23.3 Å². The number of aromatic nitrogens is 2. The van der Waals surface area contributed by atoms with Crippen LogP contribution in [0.4, 0.5) is 4.39 Å². The van der Waals surface area contributed by atoms with E-state index in [0.29, 0.717) is 32.0 Å². The summed E-state index contributed by atoms with van der Waals surface area (Å²) in [6.45, 7) is 2.42. The molecule has 0 spiro atoms. The van der Waals surface area contributed by atoms with E-state index in [2.05, 4.69) is 5.10 Å². The molecule has 0 bridgehead atoms. The molecule has 8 heteroatoms. The number of carbonyl (C=O) groups is 1. The number of carbonyl (C=O) groups excluding carboxylic acids is 1. The molecule has 2 saturated heterocycles. The molecule has 3 heterocycles. The SMILES string of the molecule is O=C(c1ccc(=O)n(-c2ccc(F)cc2)n1)N1CCC(C2OCCO2)CC1. The second-order valence-corrected chi connectivity index (χ2v) is 6.68. The van der Waals surface area contributed by atoms with Crippen LogP contribution in [0.25, 0.3) is 5.69 Å². The van der Waals surface area contributed by atoms with E-state index < -0.39 is 5.82 Å². The largest absolute Gasteiger partial charge is 0.350 e. The van der Waals surface area contributed by atoms with Gasteiger partial charge in [-0.15, -0.1) is 0 Å². The Kier molecular flexibility index (Phi) is 5.00. The van der Waals surface area contributed by atoms with Crippen molar-refractivity contribution >= 4 is 5.91 Å². The summed E-state index contributed by atoms with van der Waals surface area (Å²) in [6, 6.07) is 8.12. The van der Waals surface area contributed by atoms with Gasteiger partial charge in [-0.05, 0) is 43.2 Å². The number of benzene rings is 1. The summed E-state index contributed by atoms with van der Waals surface area (Å²) >= 11 is 0. The smallest absolute Gasteiger partial charge is 0.274 e. The molecule has 1 aromatic carbocycles. The van der Waals surface area contributed by atoms with Gasteiger partial charge in [-0.3, -0.25) is 9.59 Å². The van der Waals surface area contributed by atoms with Crippen molar-refractivity contribution in [2.24, 2.45) is 5.92 Å². The van der Waals surface area contributed by atoms with E-state index in [4.69, 9.17) is 9.47 Å². The van der Waals surface area contributed by atoms with Gasteiger partial charge in [0, 0.05) is 25.1 Å². The summed E-state index contributed by atoms with van der Waals surface area (Å²) < 4.78 is 25.3. The third kappa shape index (κ3) is 3.77. The number of likely N-dealkylation sites (tertiary alicyclic amines) is 1. The van der Waals surface area contributed by atoms with E-state index >= 15 is 0 Å². The van der Waals surface area contributed by atoms with Crippen molar-refractivity contribution < 1.29 is 18.7 Å². The molecule has 0 unspecified atom stereocenters. The molecule has 142 valence electrons. The average molecular weight is 373 g/mol. The molecule has 7 nitrogen and oxygen atoms in total. The molecular formula is C19H20FN3O4. The van der Waals surface area contributed by atoms with Crippen LogP contribution in [0.5, 0.6) is 0 Å². The van der Waals surface area contributed by atoms with Gasteiger partial charge < -0.3 is 14.4 Å². The Hall–Kier alpha value is -2.58. The maximum absolute atomic E-state index is 13.1. The lowest BCUT2D eigenvalue weighted by atomic mass is 9.96. The lowest BCUT2D eigenvalue weighted by Gasteiger charge is -2.33. The average Bonchev–Trinajstić information content (AvgIpc) is 3.24. The highest BCUT2D eigenvalue weighted by atomic mass is 19.1. The lowest BCUT2D eigenvalue weighted by molar-refractivity contribution is -0.0956. The summed E-state index contributed by atoms with van der Waals surface area (Å²) in [4.78, 5) is 26.6. The van der Waals surface area contributed by atoms with Crippen molar-refractivity contribution in [1.82, 2.24) is 14.7 Å². The van der Waals surface area contributed by atoms with Gasteiger partial charge in [0.05, 0.1) is 18.9 Å². The highest BCUT2D eigenvalue weighted by molar-refractivity contribution is 5.92. The zero-order valence-electron chi connectivity index (χ0n) is 14.7. The predicted octanol–water partition coefficient (Wildman–Crippen LogP) is 1.60. The second-order valence-electron chi connectivity index (χ2n) is 6.68. The Morgan fingerprint density at radius 1 is 1.04 bits per heavy atom. The van der Waals surface area contributed by atoms with Crippen molar-refractivity contribution in [2.45, 2.75) is 19.1 Å². The zero-order chi connectivity index (χ0) is 18.8. The van der Waals surface area contributed by atoms with E-state index in [0.717, 1.165) is 17.5 Å². The van der Waals surface area contributed by atoms with Gasteiger partial charge in [0.2, 0.25) is 0 Å². The molecule has 1 aromatic heterocycles. The first kappa shape index (κ1) is 17.8. The first-order chi connectivity index (χ1) is 13.1. The Morgan fingerprint density at radius 2 is 1.70 bits per heavy atom. The molecule has 1 amide bonds. The number of halogens is 1. The minimum atomic E-state index is -0.405. The van der Waals surface area contributed by atoms with Crippen LogP contribution in [0, 0.1) is 11.7 Å². The van der Waals surface area contributed by atoms with E-state index in [1.165, 1.54) is 36.4 Å². The van der Waals surface area contributed by atoms with Crippen molar-refractivity contribution in [1.29, 1.82) is 0 Å². The standard InChI is InChI=1S/C19H20FN3O4/c20-14-1-3-15(4-2-14)23-17(24)6-5-16(21-23)18(25)22-9-7-13(8-10-22)19-26-11-12-27-19/h1-6,13,19H,7-12H2. The number of hydrogen-bond acceptors (Lipinski definition) is 5. The number of amides is 1. The van der Waals surface area contributed by atoms with Gasteiger partial charge in [-0.1, -0.05) is 0 Å². The quantitative estimate of drug-likeness (QED) is 0.817. The Bertz CT molecular complexity index is 869. The fourth-order valence-corrected chi connectivity index (χ4v) is 3.48. The van der Waals surface area contributed by atoms with Crippen molar-refractivity contribution in [2.75, 3.05) is 26.3 Å². The summed E-state index contributed by atoms with van der Waals surface area (Å²) in [5.41, 5.74) is 0.212. The minimum Gasteiger partial charge on any atom is -0.350 e. The molecule has 4 rings (SSSR count). The van der Waals surface area contributed by atoms with Crippen LogP contribution in [0.15, 0.2) is 41.2 Å². The van der Waals surface area contributed by atoms with Crippen LogP contribution < -0.4 is 5.56 Å². The third-order valence-corrected chi connectivity index (χ3v) is 4.95. The lowest BCUT2D eigenvalue weighted by Crippen LogP contribution is -2.42. The Morgan fingerprint density at radius 3 is 2.37 bits per heavy atom. The Labute approximate surface area is 155 Å². The number of hydrogen-bond donors (Lipinski definition) is 0. The van der Waals surface area contributed by atoms with E-state index in [1.54, 1.807) is 4.90 Å².